The number of carbonyl (C=O) groups is 2. The van der Waals surface area contributed by atoms with Gasteiger partial charge in [0.25, 0.3) is 5.82 Å². The van der Waals surface area contributed by atoms with Crippen molar-refractivity contribution < 1.29 is 31.1 Å². The number of aromatic nitrogens is 2. The Labute approximate surface area is 160 Å². The molecule has 24 heavy (non-hydrogen) atoms. The molecule has 0 saturated carbocycles. The number of fused-ring (bicyclic) bond motifs is 1. The summed E-state index contributed by atoms with van der Waals surface area (Å²) in [6.07, 6.45) is 0.640. The number of carbonyl (C=O) groups excluding carboxylic acids is 2. The zero-order valence-corrected chi connectivity index (χ0v) is 16.6. The van der Waals surface area contributed by atoms with E-state index in [0.29, 0.717) is 36.0 Å². The number of rotatable bonds is 4. The minimum absolute atomic E-state index is 0. The summed E-state index contributed by atoms with van der Waals surface area (Å²) in [6.45, 7) is 5.80. The Hall–Kier alpha value is -1.11. The highest BCUT2D eigenvalue weighted by molar-refractivity contribution is 6.42. The standard InChI is InChI=1S/C16H18Cl2N3O2.BrH/c1-3-19-10(2)20(6-7-21-15(22)4-5-16(21)23)14-9-12(18)11(17)8-13(14)19;/h8-9H,3-7H2,1-2H3;1H/q+1;/p-1. The Kier molecular flexibility index (Phi) is 5.94. The van der Waals surface area contributed by atoms with E-state index >= 15 is 0 Å². The van der Waals surface area contributed by atoms with Crippen molar-refractivity contribution in [2.75, 3.05) is 6.54 Å². The fraction of sp³-hybridized carbons (Fsp3) is 0.438. The van der Waals surface area contributed by atoms with Crippen LogP contribution in [0.3, 0.4) is 0 Å². The Morgan fingerprint density at radius 2 is 1.71 bits per heavy atom. The van der Waals surface area contributed by atoms with Gasteiger partial charge in [-0.3, -0.25) is 14.5 Å². The SMILES string of the molecule is CCn1c(C)[n+](CCN2C(=O)CCC2=O)c2cc(Cl)c(Cl)cc21.[Br-]. The maximum absolute atomic E-state index is 11.8. The van der Waals surface area contributed by atoms with Crippen LogP contribution < -0.4 is 21.5 Å². The molecule has 1 saturated heterocycles. The summed E-state index contributed by atoms with van der Waals surface area (Å²) < 4.78 is 4.23. The van der Waals surface area contributed by atoms with Crippen LogP contribution in [-0.4, -0.2) is 27.8 Å². The van der Waals surface area contributed by atoms with E-state index in [1.54, 1.807) is 0 Å². The van der Waals surface area contributed by atoms with Gasteiger partial charge in [-0.15, -0.1) is 0 Å². The quantitative estimate of drug-likeness (QED) is 0.490. The van der Waals surface area contributed by atoms with Gasteiger partial charge in [-0.05, 0) is 6.92 Å². The first-order valence-electron chi connectivity index (χ1n) is 7.65. The van der Waals surface area contributed by atoms with Crippen LogP contribution in [-0.2, 0) is 22.7 Å². The summed E-state index contributed by atoms with van der Waals surface area (Å²) in [5, 5.41) is 1.01. The minimum Gasteiger partial charge on any atom is -1.00 e. The molecule has 5 nitrogen and oxygen atoms in total. The van der Waals surface area contributed by atoms with Crippen molar-refractivity contribution >= 4 is 46.0 Å². The first-order valence-corrected chi connectivity index (χ1v) is 8.40. The van der Waals surface area contributed by atoms with Gasteiger partial charge < -0.3 is 17.0 Å². The van der Waals surface area contributed by atoms with E-state index in [0.717, 1.165) is 23.4 Å². The second-order valence-electron chi connectivity index (χ2n) is 5.64. The first kappa shape index (κ1) is 19.2. The van der Waals surface area contributed by atoms with Crippen LogP contribution >= 0.6 is 23.2 Å². The topological polar surface area (TPSA) is 46.2 Å². The van der Waals surface area contributed by atoms with Gasteiger partial charge in [0, 0.05) is 31.9 Å². The molecule has 1 aromatic heterocycles. The summed E-state index contributed by atoms with van der Waals surface area (Å²) in [5.41, 5.74) is 1.95. The summed E-state index contributed by atoms with van der Waals surface area (Å²) in [7, 11) is 0. The van der Waals surface area contributed by atoms with Crippen LogP contribution in [0.15, 0.2) is 12.1 Å². The molecule has 0 N–H and O–H groups in total. The number of nitrogens with zero attached hydrogens (tertiary/aromatic N) is 3. The summed E-state index contributed by atoms with van der Waals surface area (Å²) in [6, 6.07) is 3.70. The number of imidazole rings is 1. The Balaban J connectivity index is 0.00000208. The minimum atomic E-state index is -0.0893. The smallest absolute Gasteiger partial charge is 0.254 e. The Morgan fingerprint density at radius 3 is 2.29 bits per heavy atom. The van der Waals surface area contributed by atoms with Gasteiger partial charge in [0.15, 0.2) is 11.0 Å². The van der Waals surface area contributed by atoms with Crippen LogP contribution in [0, 0.1) is 6.92 Å². The van der Waals surface area contributed by atoms with Gasteiger partial charge in [-0.1, -0.05) is 23.2 Å². The van der Waals surface area contributed by atoms with Crippen LogP contribution in [0.25, 0.3) is 11.0 Å². The second-order valence-corrected chi connectivity index (χ2v) is 6.45. The van der Waals surface area contributed by atoms with Crippen LogP contribution in [0.4, 0.5) is 0 Å². The van der Waals surface area contributed by atoms with Crippen molar-refractivity contribution in [1.82, 2.24) is 9.47 Å². The van der Waals surface area contributed by atoms with Gasteiger partial charge in [-0.25, -0.2) is 9.13 Å². The molecule has 2 aromatic rings. The fourth-order valence-electron chi connectivity index (χ4n) is 3.21. The largest absolute Gasteiger partial charge is 1.00 e. The van der Waals surface area contributed by atoms with Gasteiger partial charge in [0.2, 0.25) is 11.8 Å². The lowest BCUT2D eigenvalue weighted by Gasteiger charge is -2.12. The van der Waals surface area contributed by atoms with Crippen LogP contribution in [0.2, 0.25) is 10.0 Å². The molecule has 2 heterocycles. The first-order chi connectivity index (χ1) is 10.9. The fourth-order valence-corrected chi connectivity index (χ4v) is 3.52. The van der Waals surface area contributed by atoms with Crippen molar-refractivity contribution in [3.05, 3.63) is 28.0 Å². The summed E-state index contributed by atoms with van der Waals surface area (Å²) in [5.74, 6) is 0.863. The van der Waals surface area contributed by atoms with Gasteiger partial charge in [0.1, 0.15) is 6.54 Å². The molecule has 1 aliphatic rings. The summed E-state index contributed by atoms with van der Waals surface area (Å²) in [4.78, 5) is 24.9. The van der Waals surface area contributed by atoms with Crippen LogP contribution in [0.1, 0.15) is 25.6 Å². The van der Waals surface area contributed by atoms with Crippen molar-refractivity contribution in [1.29, 1.82) is 0 Å². The maximum atomic E-state index is 11.8. The Bertz CT molecular complexity index is 803. The number of amides is 2. The third-order valence-corrected chi connectivity index (χ3v) is 5.12. The molecule has 0 spiro atoms. The molecule has 0 radical (unpaired) electrons. The van der Waals surface area contributed by atoms with Gasteiger partial charge in [0.05, 0.1) is 23.1 Å². The average Bonchev–Trinajstić information content (AvgIpc) is 2.95. The molecular weight excluding hydrogens is 417 g/mol. The van der Waals surface area contributed by atoms with E-state index in [2.05, 4.69) is 16.1 Å². The van der Waals surface area contributed by atoms with E-state index < -0.39 is 0 Å². The molecule has 0 bridgehead atoms. The third-order valence-electron chi connectivity index (χ3n) is 4.40. The van der Waals surface area contributed by atoms with E-state index in [4.69, 9.17) is 23.2 Å². The molecule has 8 heteroatoms. The normalized spacial score (nSPS) is 14.6. The van der Waals surface area contributed by atoms with Gasteiger partial charge in [-0.2, -0.15) is 0 Å². The van der Waals surface area contributed by atoms with E-state index in [1.807, 2.05) is 19.1 Å². The zero-order valence-electron chi connectivity index (χ0n) is 13.5. The van der Waals surface area contributed by atoms with E-state index in [-0.39, 0.29) is 28.8 Å². The lowest BCUT2D eigenvalue weighted by atomic mass is 10.3. The highest BCUT2D eigenvalue weighted by Crippen LogP contribution is 2.27. The molecule has 3 rings (SSSR count). The van der Waals surface area contributed by atoms with Crippen molar-refractivity contribution in [2.45, 2.75) is 39.8 Å². The van der Waals surface area contributed by atoms with Crippen molar-refractivity contribution in [3.8, 4) is 0 Å². The monoisotopic (exact) mass is 433 g/mol. The Morgan fingerprint density at radius 1 is 1.12 bits per heavy atom. The molecule has 0 aliphatic carbocycles. The third kappa shape index (κ3) is 3.19. The molecule has 0 unspecified atom stereocenters. The lowest BCUT2D eigenvalue weighted by molar-refractivity contribution is -0.677. The van der Waals surface area contributed by atoms with Gasteiger partial charge >= 0.3 is 0 Å². The number of hydrogen-bond acceptors (Lipinski definition) is 2. The van der Waals surface area contributed by atoms with E-state index in [9.17, 15) is 9.59 Å². The highest BCUT2D eigenvalue weighted by Gasteiger charge is 2.30. The second kappa shape index (κ2) is 7.42. The molecule has 1 aliphatic heterocycles. The zero-order chi connectivity index (χ0) is 16.7. The highest BCUT2D eigenvalue weighted by atomic mass is 79.9. The maximum Gasteiger partial charge on any atom is 0.254 e. The molecule has 0 atom stereocenters. The molecular formula is C16H18BrCl2N3O2. The lowest BCUT2D eigenvalue weighted by Crippen LogP contribution is -3.00. The van der Waals surface area contributed by atoms with E-state index in [1.165, 1.54) is 4.90 Å². The summed E-state index contributed by atoms with van der Waals surface area (Å²) >= 11 is 12.3. The molecule has 1 aromatic carbocycles. The number of benzene rings is 1. The van der Waals surface area contributed by atoms with Crippen molar-refractivity contribution in [3.63, 3.8) is 0 Å². The predicted molar refractivity (Wildman–Crippen MR) is 88.5 cm³/mol. The predicted octanol–water partition coefficient (Wildman–Crippen LogP) is -0.283. The molecule has 130 valence electrons. The number of imide groups is 1. The number of halogens is 3. The number of aryl methyl sites for hydroxylation is 1. The molecule has 2 amide bonds. The van der Waals surface area contributed by atoms with Crippen molar-refractivity contribution in [2.24, 2.45) is 0 Å². The number of likely N-dealkylation sites (tertiary alicyclic amines) is 1. The average molecular weight is 435 g/mol. The van der Waals surface area contributed by atoms with Crippen LogP contribution in [0.5, 0.6) is 0 Å². The molecule has 1 fully saturated rings. The number of hydrogen-bond donors (Lipinski definition) is 0.